The van der Waals surface area contributed by atoms with Crippen LogP contribution in [0.25, 0.3) is 0 Å². The van der Waals surface area contributed by atoms with E-state index in [2.05, 4.69) is 37.6 Å². The minimum atomic E-state index is -4.31. The van der Waals surface area contributed by atoms with Gasteiger partial charge in [0.05, 0.1) is 14.7 Å². The van der Waals surface area contributed by atoms with E-state index < -0.39 is 30.4 Å². The molecule has 422 valence electrons. The van der Waals surface area contributed by atoms with Crippen molar-refractivity contribution in [2.24, 2.45) is 0 Å². The molecule has 0 spiro atoms. The predicted molar refractivity (Wildman–Crippen MR) is 297 cm³/mol. The summed E-state index contributed by atoms with van der Waals surface area (Å²) >= 11 is 0. The third-order valence-corrected chi connectivity index (χ3v) is 15.5. The molecule has 0 saturated heterocycles. The van der Waals surface area contributed by atoms with E-state index in [1.54, 1.807) is 36.4 Å². The molecule has 0 aliphatic rings. The second-order valence-electron chi connectivity index (χ2n) is 19.7. The third kappa shape index (κ3) is 43.1. The first-order chi connectivity index (χ1) is 35.0. The van der Waals surface area contributed by atoms with Crippen molar-refractivity contribution in [3.05, 3.63) is 89.5 Å². The van der Waals surface area contributed by atoms with Gasteiger partial charge in [-0.3, -0.25) is 0 Å². The molecule has 15 heteroatoms. The number of rotatable bonds is 40. The molecule has 3 rings (SSSR count). The topological polar surface area (TPSA) is 243 Å². The van der Waals surface area contributed by atoms with Gasteiger partial charge in [-0.15, -0.1) is 0 Å². The first kappa shape index (κ1) is 70.3. The Labute approximate surface area is 446 Å². The van der Waals surface area contributed by atoms with Crippen LogP contribution in [0.15, 0.2) is 87.5 Å². The summed E-state index contributed by atoms with van der Waals surface area (Å²) in [6, 6.07) is 19.0. The normalized spacial score (nSPS) is 11.5. The number of nitrogens with two attached hydrogens (primary N) is 1. The summed E-state index contributed by atoms with van der Waals surface area (Å²) in [5.74, 6) is 0. The Bertz CT molecular complexity index is 1800. The van der Waals surface area contributed by atoms with Crippen LogP contribution in [-0.4, -0.2) is 65.1 Å². The monoisotopic (exact) mass is 1080 g/mol. The van der Waals surface area contributed by atoms with Gasteiger partial charge in [-0.2, -0.15) is 0 Å². The van der Waals surface area contributed by atoms with Crippen molar-refractivity contribution in [3.63, 3.8) is 0 Å². The highest BCUT2D eigenvalue weighted by molar-refractivity contribution is 7.86. The zero-order valence-electron chi connectivity index (χ0n) is 46.0. The number of aryl methyl sites for hydroxylation is 3. The average molecular weight is 1080 g/mol. The zero-order valence-corrected chi connectivity index (χ0v) is 48.4. The lowest BCUT2D eigenvalue weighted by Crippen LogP contribution is -2.90. The lowest BCUT2D eigenvalue weighted by atomic mass is 10.0. The summed E-state index contributed by atoms with van der Waals surface area (Å²) in [4.78, 5) is -0.419. The van der Waals surface area contributed by atoms with Crippen molar-refractivity contribution >= 4 is 30.4 Å². The zero-order chi connectivity index (χ0) is 54.3. The molecule has 73 heavy (non-hydrogen) atoms. The molecule has 3 aromatic rings. The molecule has 0 atom stereocenters. The number of hydrogen-bond acceptors (Lipinski definition) is 9. The van der Waals surface area contributed by atoms with E-state index in [4.69, 9.17) is 0 Å². The van der Waals surface area contributed by atoms with Crippen LogP contribution < -0.4 is 16.8 Å². The van der Waals surface area contributed by atoms with Gasteiger partial charge in [-0.1, -0.05) is 231 Å². The molecule has 12 nitrogen and oxygen atoms in total. The Morgan fingerprint density at radius 1 is 0.315 bits per heavy atom. The molecule has 8 N–H and O–H groups in total. The van der Waals surface area contributed by atoms with Gasteiger partial charge in [0.1, 0.15) is 56.5 Å². The van der Waals surface area contributed by atoms with Gasteiger partial charge < -0.3 is 30.4 Å². The van der Waals surface area contributed by atoms with E-state index in [0.29, 0.717) is 0 Å². The minimum absolute atomic E-state index is 0.140. The third-order valence-electron chi connectivity index (χ3n) is 12.9. The first-order valence-corrected chi connectivity index (χ1v) is 32.8. The van der Waals surface area contributed by atoms with Crippen LogP contribution in [0.5, 0.6) is 0 Å². The fourth-order valence-corrected chi connectivity index (χ4v) is 9.76. The number of hydrogen-bond donors (Lipinski definition) is 3. The summed E-state index contributed by atoms with van der Waals surface area (Å²) in [5.41, 5.74) is 10.7. The van der Waals surface area contributed by atoms with E-state index in [1.807, 2.05) is 0 Å². The lowest BCUT2D eigenvalue weighted by molar-refractivity contribution is -0.683. The first-order valence-electron chi connectivity index (χ1n) is 28.6. The molecule has 0 aromatic heterocycles. The van der Waals surface area contributed by atoms with Crippen molar-refractivity contribution in [2.45, 2.75) is 247 Å². The van der Waals surface area contributed by atoms with Crippen LogP contribution in [0.4, 0.5) is 0 Å². The maximum absolute atomic E-state index is 10.8. The van der Waals surface area contributed by atoms with Crippen molar-refractivity contribution in [3.8, 4) is 0 Å². The van der Waals surface area contributed by atoms with E-state index in [9.17, 15) is 38.9 Å². The van der Waals surface area contributed by atoms with Crippen LogP contribution in [0.1, 0.15) is 230 Å². The standard InChI is InChI=1S/3C18H30O3S.C4H13N3/c3*1-2-3-4-5-6-7-8-9-10-11-12-17-13-15-18(16-14-17)22(19,20)21;5-1-3-7-4-2-6/h3*13-16H,2-12H2,1H3,(H,19,20,21);7H,1-6H2. The Kier molecular flexibility index (Phi) is 44.8. The predicted octanol–water partition coefficient (Wildman–Crippen LogP) is 11.2. The molecule has 0 heterocycles. The van der Waals surface area contributed by atoms with Crippen LogP contribution in [0.2, 0.25) is 0 Å². The van der Waals surface area contributed by atoms with Gasteiger partial charge in [0.25, 0.3) is 0 Å². The van der Waals surface area contributed by atoms with Crippen molar-refractivity contribution in [1.82, 2.24) is 0 Å². The number of unbranched alkanes of at least 4 members (excludes halogenated alkanes) is 27. The summed E-state index contributed by atoms with van der Waals surface area (Å²) in [7, 11) is -12.9. The fraction of sp³-hybridized carbons (Fsp3) is 0.690. The van der Waals surface area contributed by atoms with Crippen LogP contribution in [0, 0.1) is 0 Å². The highest BCUT2D eigenvalue weighted by atomic mass is 32.2. The SMILES string of the molecule is CCCCCCCCCCCCc1ccc(S(=O)(=O)[O-])cc1.CCCCCCCCCCCCc1ccc(S(=O)(=O)[O-])cc1.CCCCCCCCCCCCc1ccc(S(=O)(=O)[O-])cc1.[NH3+]CC[NH2+]CC[NH3+]. The molecule has 0 bridgehead atoms. The number of benzene rings is 3. The van der Waals surface area contributed by atoms with Crippen LogP contribution in [-0.2, 0) is 49.6 Å². The molecule has 0 aliphatic heterocycles. The van der Waals surface area contributed by atoms with Gasteiger partial charge in [-0.25, -0.2) is 25.3 Å². The van der Waals surface area contributed by atoms with E-state index in [1.165, 1.54) is 210 Å². The second-order valence-corrected chi connectivity index (χ2v) is 23.8. The van der Waals surface area contributed by atoms with Crippen molar-refractivity contribution < 1.29 is 55.7 Å². The quantitative estimate of drug-likeness (QED) is 0.0362. The molecular formula is C58H103N3O9S3. The lowest BCUT2D eigenvalue weighted by Gasteiger charge is -2.08. The highest BCUT2D eigenvalue weighted by Gasteiger charge is 2.04. The van der Waals surface area contributed by atoms with Gasteiger partial charge in [0.15, 0.2) is 0 Å². The molecule has 3 aromatic carbocycles. The van der Waals surface area contributed by atoms with Gasteiger partial charge in [0, 0.05) is 0 Å². The summed E-state index contributed by atoms with van der Waals surface area (Å²) in [6.07, 6.45) is 42.1. The van der Waals surface area contributed by atoms with Gasteiger partial charge in [0.2, 0.25) is 0 Å². The summed E-state index contributed by atoms with van der Waals surface area (Å²) in [6.45, 7) is 11.1. The van der Waals surface area contributed by atoms with Gasteiger partial charge >= 0.3 is 0 Å². The van der Waals surface area contributed by atoms with Crippen LogP contribution >= 0.6 is 0 Å². The molecule has 0 radical (unpaired) electrons. The number of quaternary nitrogens is 3. The van der Waals surface area contributed by atoms with Crippen LogP contribution in [0.3, 0.4) is 0 Å². The average Bonchev–Trinajstić information content (AvgIpc) is 3.36. The van der Waals surface area contributed by atoms with E-state index in [0.717, 1.165) is 81.4 Å². The molecule has 0 fully saturated rings. The maximum atomic E-state index is 10.8. The Hall–Kier alpha value is -2.73. The Balaban J connectivity index is 0.000000997. The Morgan fingerprint density at radius 2 is 0.493 bits per heavy atom. The van der Waals surface area contributed by atoms with E-state index >= 15 is 0 Å². The second kappa shape index (κ2) is 46.6. The largest absolute Gasteiger partial charge is 0.744 e. The molecule has 0 aliphatic carbocycles. The van der Waals surface area contributed by atoms with Crippen molar-refractivity contribution in [1.29, 1.82) is 0 Å². The van der Waals surface area contributed by atoms with Gasteiger partial charge in [-0.05, 0) is 91.6 Å². The molecular weight excluding hydrogens is 979 g/mol. The fourth-order valence-electron chi connectivity index (χ4n) is 8.35. The molecule has 0 amide bonds. The highest BCUT2D eigenvalue weighted by Crippen LogP contribution is 2.18. The Morgan fingerprint density at radius 3 is 0.658 bits per heavy atom. The summed E-state index contributed by atoms with van der Waals surface area (Å²) in [5, 5.41) is 2.24. The van der Waals surface area contributed by atoms with E-state index in [-0.39, 0.29) is 14.7 Å². The molecule has 0 saturated carbocycles. The van der Waals surface area contributed by atoms with Crippen molar-refractivity contribution in [2.75, 3.05) is 26.2 Å². The maximum Gasteiger partial charge on any atom is 0.125 e. The smallest absolute Gasteiger partial charge is 0.125 e. The molecule has 0 unspecified atom stereocenters. The summed E-state index contributed by atoms with van der Waals surface area (Å²) < 4.78 is 97.5. The minimum Gasteiger partial charge on any atom is -0.744 e.